The van der Waals surface area contributed by atoms with E-state index in [1.54, 1.807) is 4.90 Å². The normalized spacial score (nSPS) is 25.1. The second-order valence-corrected chi connectivity index (χ2v) is 6.51. The molecule has 0 aromatic heterocycles. The molecule has 1 atom stereocenters. The Morgan fingerprint density at radius 1 is 1.33 bits per heavy atom. The topological polar surface area (TPSA) is 78.7 Å². The summed E-state index contributed by atoms with van der Waals surface area (Å²) in [4.78, 5) is 28.8. The Morgan fingerprint density at radius 3 is 2.71 bits per heavy atom. The minimum atomic E-state index is -0.680. The average Bonchev–Trinajstić information content (AvgIpc) is 2.97. The predicted molar refractivity (Wildman–Crippen MR) is 95.0 cm³/mol. The fourth-order valence-electron chi connectivity index (χ4n) is 3.51. The van der Waals surface area contributed by atoms with Crippen LogP contribution in [0.2, 0.25) is 0 Å². The number of nitrogens with zero attached hydrogens (tertiary/aromatic N) is 2. The molecule has 1 spiro atoms. The quantitative estimate of drug-likeness (QED) is 0.544. The summed E-state index contributed by atoms with van der Waals surface area (Å²) in [5, 5.41) is 4.22. The molecule has 2 aliphatic heterocycles. The maximum Gasteiger partial charge on any atom is 0.270 e. The molecule has 0 saturated carbocycles. The fourth-order valence-corrected chi connectivity index (χ4v) is 3.62. The number of rotatable bonds is 3. The van der Waals surface area contributed by atoms with Gasteiger partial charge >= 0.3 is 0 Å². The highest BCUT2D eigenvalue weighted by atomic mass is 32.1. The van der Waals surface area contributed by atoms with Crippen molar-refractivity contribution in [3.05, 3.63) is 47.0 Å². The van der Waals surface area contributed by atoms with E-state index in [9.17, 15) is 9.59 Å². The van der Waals surface area contributed by atoms with E-state index in [2.05, 4.69) is 35.0 Å². The van der Waals surface area contributed by atoms with Crippen LogP contribution in [-0.2, 0) is 16.1 Å². The lowest BCUT2D eigenvalue weighted by atomic mass is 9.91. The molecule has 2 fully saturated rings. The molecule has 1 aromatic carbocycles. The molecular formula is C17H22N4O2S. The molecule has 3 rings (SSSR count). The third-order valence-corrected chi connectivity index (χ3v) is 5.11. The Kier molecular flexibility index (Phi) is 4.82. The first kappa shape index (κ1) is 16.9. The summed E-state index contributed by atoms with van der Waals surface area (Å²) in [5.74, 6) is -0.271. The molecule has 0 aliphatic carbocycles. The summed E-state index contributed by atoms with van der Waals surface area (Å²) in [6.07, 6.45) is 0.687. The van der Waals surface area contributed by atoms with Gasteiger partial charge in [-0.2, -0.15) is 0 Å². The Labute approximate surface area is 147 Å². The fraction of sp³-hybridized carbons (Fsp3) is 0.412. The summed E-state index contributed by atoms with van der Waals surface area (Å²) in [6, 6.07) is 10.1. The highest BCUT2D eigenvalue weighted by Gasteiger charge is 2.51. The van der Waals surface area contributed by atoms with E-state index in [1.807, 2.05) is 18.2 Å². The number of carbonyl (C=O) groups excluding carboxylic acids is 2. The molecule has 24 heavy (non-hydrogen) atoms. The van der Waals surface area contributed by atoms with Crippen molar-refractivity contribution in [3.63, 3.8) is 0 Å². The number of benzene rings is 1. The lowest BCUT2D eigenvalue weighted by molar-refractivity contribution is -0.141. The zero-order valence-corrected chi connectivity index (χ0v) is 14.3. The summed E-state index contributed by atoms with van der Waals surface area (Å²) < 4.78 is 0. The minimum Gasteiger partial charge on any atom is -0.394 e. The van der Waals surface area contributed by atoms with Gasteiger partial charge in [-0.25, -0.2) is 0 Å². The van der Waals surface area contributed by atoms with Gasteiger partial charge in [-0.15, -0.1) is 12.6 Å². The lowest BCUT2D eigenvalue weighted by Crippen LogP contribution is -2.66. The van der Waals surface area contributed by atoms with Crippen molar-refractivity contribution in [1.82, 2.24) is 15.1 Å². The van der Waals surface area contributed by atoms with E-state index in [4.69, 9.17) is 5.73 Å². The molecule has 0 radical (unpaired) electrons. The van der Waals surface area contributed by atoms with Crippen LogP contribution >= 0.6 is 12.6 Å². The molecule has 2 heterocycles. The second kappa shape index (κ2) is 6.86. The summed E-state index contributed by atoms with van der Waals surface area (Å²) >= 11 is 3.95. The van der Waals surface area contributed by atoms with Crippen LogP contribution in [0.1, 0.15) is 12.0 Å². The van der Waals surface area contributed by atoms with Gasteiger partial charge in [0.05, 0.1) is 0 Å². The zero-order chi connectivity index (χ0) is 17.2. The summed E-state index contributed by atoms with van der Waals surface area (Å²) in [7, 11) is 0. The predicted octanol–water partition coefficient (Wildman–Crippen LogP) is 0.319. The van der Waals surface area contributed by atoms with Crippen molar-refractivity contribution in [2.45, 2.75) is 18.5 Å². The van der Waals surface area contributed by atoms with Crippen LogP contribution in [0.4, 0.5) is 0 Å². The van der Waals surface area contributed by atoms with Gasteiger partial charge in [-0.05, 0) is 17.4 Å². The van der Waals surface area contributed by atoms with Crippen molar-refractivity contribution in [2.24, 2.45) is 5.73 Å². The van der Waals surface area contributed by atoms with E-state index in [0.29, 0.717) is 39.1 Å². The Morgan fingerprint density at radius 2 is 2.08 bits per heavy atom. The van der Waals surface area contributed by atoms with Crippen LogP contribution in [0.5, 0.6) is 0 Å². The molecule has 2 aliphatic rings. The Balaban J connectivity index is 1.84. The van der Waals surface area contributed by atoms with Gasteiger partial charge in [0.1, 0.15) is 11.2 Å². The van der Waals surface area contributed by atoms with Gasteiger partial charge < -0.3 is 16.0 Å². The molecule has 0 bridgehead atoms. The molecule has 1 unspecified atom stereocenters. The summed E-state index contributed by atoms with van der Waals surface area (Å²) in [5.41, 5.74) is 6.29. The minimum absolute atomic E-state index is 0.00986. The number of nitrogens with one attached hydrogen (secondary N) is 1. The Bertz CT molecular complexity index is 664. The number of carbonyl (C=O) groups is 2. The first-order chi connectivity index (χ1) is 11.6. The van der Waals surface area contributed by atoms with Crippen molar-refractivity contribution in [3.8, 4) is 0 Å². The largest absolute Gasteiger partial charge is 0.394 e. The molecule has 3 N–H and O–H groups in total. The number of amides is 2. The maximum absolute atomic E-state index is 12.6. The van der Waals surface area contributed by atoms with Gasteiger partial charge in [-0.1, -0.05) is 30.3 Å². The maximum atomic E-state index is 12.6. The lowest BCUT2D eigenvalue weighted by Gasteiger charge is -2.47. The van der Waals surface area contributed by atoms with Crippen molar-refractivity contribution in [2.75, 3.05) is 26.2 Å². The van der Waals surface area contributed by atoms with Crippen LogP contribution in [-0.4, -0.2) is 53.3 Å². The molecule has 2 amide bonds. The second-order valence-electron chi connectivity index (χ2n) is 6.26. The van der Waals surface area contributed by atoms with Crippen LogP contribution in [0.25, 0.3) is 0 Å². The monoisotopic (exact) mass is 346 g/mol. The third-order valence-electron chi connectivity index (χ3n) is 4.83. The standard InChI is InChI=1S/C17H22N4O2S/c18-14(11-24)15(22)20-8-9-21(10-13-4-2-1-3-5-13)17(12-20)6-7-19-16(17)23/h1-5,11,24H,6-10,12,18H2,(H,19,23)/b14-11-. The van der Waals surface area contributed by atoms with Gasteiger partial charge in [-0.3, -0.25) is 14.5 Å². The highest BCUT2D eigenvalue weighted by molar-refractivity contribution is 7.83. The molecule has 6 nitrogen and oxygen atoms in total. The van der Waals surface area contributed by atoms with Crippen molar-refractivity contribution < 1.29 is 9.59 Å². The van der Waals surface area contributed by atoms with Gasteiger partial charge in [0, 0.05) is 32.7 Å². The van der Waals surface area contributed by atoms with Gasteiger partial charge in [0.2, 0.25) is 5.91 Å². The van der Waals surface area contributed by atoms with Gasteiger partial charge in [0.25, 0.3) is 5.91 Å². The van der Waals surface area contributed by atoms with Crippen molar-refractivity contribution >= 4 is 24.4 Å². The van der Waals surface area contributed by atoms with Crippen molar-refractivity contribution in [1.29, 1.82) is 0 Å². The molecule has 1 aromatic rings. The van der Waals surface area contributed by atoms with Gasteiger partial charge in [0.15, 0.2) is 0 Å². The van der Waals surface area contributed by atoms with E-state index < -0.39 is 5.54 Å². The first-order valence-corrected chi connectivity index (χ1v) is 8.55. The molecule has 128 valence electrons. The molecular weight excluding hydrogens is 324 g/mol. The zero-order valence-electron chi connectivity index (χ0n) is 13.4. The van der Waals surface area contributed by atoms with E-state index in [-0.39, 0.29) is 17.5 Å². The SMILES string of the molecule is N/C(=C\S)C(=O)N1CCN(Cc2ccccc2)C2(CCNC2=O)C1. The number of hydrogen-bond donors (Lipinski definition) is 3. The molecule has 7 heteroatoms. The van der Waals surface area contributed by atoms with E-state index in [1.165, 1.54) is 5.41 Å². The number of thiol groups is 1. The Hall–Kier alpha value is -1.99. The third kappa shape index (κ3) is 3.01. The average molecular weight is 346 g/mol. The number of piperazine rings is 1. The van der Waals surface area contributed by atoms with E-state index >= 15 is 0 Å². The smallest absolute Gasteiger partial charge is 0.270 e. The highest BCUT2D eigenvalue weighted by Crippen LogP contribution is 2.31. The number of nitrogens with two attached hydrogens (primary N) is 1. The van der Waals surface area contributed by atoms with E-state index in [0.717, 1.165) is 5.56 Å². The van der Waals surface area contributed by atoms with Crippen LogP contribution in [0.3, 0.4) is 0 Å². The van der Waals surface area contributed by atoms with Crippen LogP contribution in [0.15, 0.2) is 41.4 Å². The summed E-state index contributed by atoms with van der Waals surface area (Å²) in [6.45, 7) is 2.85. The number of hydrogen-bond acceptors (Lipinski definition) is 5. The first-order valence-electron chi connectivity index (χ1n) is 8.03. The van der Waals surface area contributed by atoms with Crippen LogP contribution < -0.4 is 11.1 Å². The molecule has 2 saturated heterocycles. The van der Waals surface area contributed by atoms with Crippen LogP contribution in [0, 0.1) is 0 Å².